The second kappa shape index (κ2) is 11.5. The number of ether oxygens (including phenoxy) is 3. The molecule has 0 spiro atoms. The molecular weight excluding hydrogens is 388 g/mol. The standard InChI is InChI=1S/C22H36O6Si/c1-8-25-19(23)13-11-10-12-18-21(28-29(6,7)22(3,4)5)17(14-15-27-18)16-20(24)26-9-2/h10-13,16,18,21H,8-9,14-15H2,1-7H3/b12-10+,13-11+,17-16+/t18-,21+/m1/s1. The average molecular weight is 425 g/mol. The van der Waals surface area contributed by atoms with Crippen LogP contribution in [0.4, 0.5) is 0 Å². The van der Waals surface area contributed by atoms with Crippen molar-refractivity contribution in [2.24, 2.45) is 0 Å². The molecule has 1 heterocycles. The van der Waals surface area contributed by atoms with Gasteiger partial charge in [-0.25, -0.2) is 9.59 Å². The molecule has 0 unspecified atom stereocenters. The first-order valence-electron chi connectivity index (χ1n) is 10.2. The molecule has 1 fully saturated rings. The summed E-state index contributed by atoms with van der Waals surface area (Å²) in [6, 6.07) is 0. The van der Waals surface area contributed by atoms with Gasteiger partial charge in [0.1, 0.15) is 6.10 Å². The van der Waals surface area contributed by atoms with Crippen LogP contribution >= 0.6 is 0 Å². The van der Waals surface area contributed by atoms with Crippen LogP contribution < -0.4 is 0 Å². The Morgan fingerprint density at radius 2 is 1.72 bits per heavy atom. The molecule has 0 N–H and O–H groups in total. The molecule has 2 atom stereocenters. The largest absolute Gasteiger partial charge is 0.463 e. The molecule has 0 aromatic heterocycles. The van der Waals surface area contributed by atoms with E-state index >= 15 is 0 Å². The summed E-state index contributed by atoms with van der Waals surface area (Å²) in [4.78, 5) is 23.5. The number of hydrogen-bond acceptors (Lipinski definition) is 6. The molecule has 6 nitrogen and oxygen atoms in total. The first kappa shape index (κ1) is 25.3. The van der Waals surface area contributed by atoms with Crippen LogP contribution in [0.5, 0.6) is 0 Å². The maximum absolute atomic E-state index is 12.1. The van der Waals surface area contributed by atoms with Crippen LogP contribution in [0.15, 0.2) is 36.0 Å². The van der Waals surface area contributed by atoms with Crippen molar-refractivity contribution < 1.29 is 28.2 Å². The molecule has 0 aromatic carbocycles. The summed E-state index contributed by atoms with van der Waals surface area (Å²) in [5.74, 6) is -0.753. The zero-order chi connectivity index (χ0) is 22.1. The Bertz CT molecular complexity index is 642. The van der Waals surface area contributed by atoms with E-state index in [0.717, 1.165) is 5.57 Å². The average Bonchev–Trinajstić information content (AvgIpc) is 2.60. The monoisotopic (exact) mass is 424 g/mol. The van der Waals surface area contributed by atoms with Crippen molar-refractivity contribution in [1.29, 1.82) is 0 Å². The van der Waals surface area contributed by atoms with Crippen LogP contribution in [-0.2, 0) is 28.2 Å². The zero-order valence-electron chi connectivity index (χ0n) is 18.8. The van der Waals surface area contributed by atoms with Crippen molar-refractivity contribution in [3.8, 4) is 0 Å². The molecule has 0 radical (unpaired) electrons. The van der Waals surface area contributed by atoms with Crippen molar-refractivity contribution in [1.82, 2.24) is 0 Å². The highest BCUT2D eigenvalue weighted by Gasteiger charge is 2.42. The molecular formula is C22H36O6Si. The lowest BCUT2D eigenvalue weighted by Gasteiger charge is -2.43. The number of rotatable bonds is 8. The molecule has 1 saturated heterocycles. The molecule has 0 aromatic rings. The van der Waals surface area contributed by atoms with E-state index < -0.39 is 14.3 Å². The highest BCUT2D eigenvalue weighted by Crippen LogP contribution is 2.40. The summed E-state index contributed by atoms with van der Waals surface area (Å²) < 4.78 is 22.5. The lowest BCUT2D eigenvalue weighted by Crippen LogP contribution is -2.49. The van der Waals surface area contributed by atoms with Gasteiger partial charge in [0.2, 0.25) is 0 Å². The lowest BCUT2D eigenvalue weighted by atomic mass is 9.98. The SMILES string of the molecule is CCOC(=O)/C=C/C=C/[C@H]1OCC/C(=C\C(=O)OCC)[C@@H]1O[Si](C)(C)C(C)(C)C. The predicted octanol–water partition coefficient (Wildman–Crippen LogP) is 4.33. The van der Waals surface area contributed by atoms with Crippen LogP contribution in [0.1, 0.15) is 41.0 Å². The van der Waals surface area contributed by atoms with E-state index in [-0.39, 0.29) is 23.2 Å². The van der Waals surface area contributed by atoms with Crippen LogP contribution in [0.25, 0.3) is 0 Å². The van der Waals surface area contributed by atoms with E-state index in [1.807, 2.05) is 6.08 Å². The normalized spacial score (nSPS) is 22.4. The summed E-state index contributed by atoms with van der Waals surface area (Å²) in [6.45, 7) is 15.6. The van der Waals surface area contributed by atoms with Gasteiger partial charge in [0, 0.05) is 12.2 Å². The highest BCUT2D eigenvalue weighted by molar-refractivity contribution is 6.74. The number of allylic oxidation sites excluding steroid dienone is 2. The topological polar surface area (TPSA) is 71.1 Å². The molecule has 1 aliphatic rings. The minimum atomic E-state index is -2.12. The van der Waals surface area contributed by atoms with Crippen LogP contribution in [0, 0.1) is 0 Å². The number of esters is 2. The lowest BCUT2D eigenvalue weighted by molar-refractivity contribution is -0.138. The molecule has 1 aliphatic heterocycles. The molecule has 164 valence electrons. The van der Waals surface area contributed by atoms with Crippen LogP contribution in [0.3, 0.4) is 0 Å². The number of carbonyl (C=O) groups excluding carboxylic acids is 2. The molecule has 1 rings (SSSR count). The number of carbonyl (C=O) groups is 2. The highest BCUT2D eigenvalue weighted by atomic mass is 28.4. The van der Waals surface area contributed by atoms with Gasteiger partial charge >= 0.3 is 11.9 Å². The third-order valence-electron chi connectivity index (χ3n) is 5.11. The Morgan fingerprint density at radius 1 is 1.10 bits per heavy atom. The fourth-order valence-corrected chi connectivity index (χ4v) is 3.81. The molecule has 7 heteroatoms. The molecule has 29 heavy (non-hydrogen) atoms. The van der Waals surface area contributed by atoms with Gasteiger partial charge in [-0.05, 0) is 44.0 Å². The first-order valence-corrected chi connectivity index (χ1v) is 13.1. The van der Waals surface area contributed by atoms with Crippen molar-refractivity contribution in [2.45, 2.75) is 71.4 Å². The Morgan fingerprint density at radius 3 is 2.31 bits per heavy atom. The van der Waals surface area contributed by atoms with Gasteiger partial charge < -0.3 is 18.6 Å². The van der Waals surface area contributed by atoms with Gasteiger partial charge in [-0.1, -0.05) is 39.0 Å². The third kappa shape index (κ3) is 8.28. The maximum Gasteiger partial charge on any atom is 0.330 e. The molecule has 0 saturated carbocycles. The maximum atomic E-state index is 12.1. The molecule has 0 amide bonds. The van der Waals surface area contributed by atoms with E-state index in [2.05, 4.69) is 33.9 Å². The van der Waals surface area contributed by atoms with E-state index in [0.29, 0.717) is 26.2 Å². The summed E-state index contributed by atoms with van der Waals surface area (Å²) in [7, 11) is -2.12. The van der Waals surface area contributed by atoms with Crippen molar-refractivity contribution in [2.75, 3.05) is 19.8 Å². The van der Waals surface area contributed by atoms with E-state index in [9.17, 15) is 9.59 Å². The number of hydrogen-bond donors (Lipinski definition) is 0. The van der Waals surface area contributed by atoms with Gasteiger partial charge in [-0.2, -0.15) is 0 Å². The van der Waals surface area contributed by atoms with Crippen molar-refractivity contribution >= 4 is 20.3 Å². The zero-order valence-corrected chi connectivity index (χ0v) is 19.8. The smallest absolute Gasteiger partial charge is 0.330 e. The van der Waals surface area contributed by atoms with Gasteiger partial charge in [0.15, 0.2) is 8.32 Å². The van der Waals surface area contributed by atoms with Crippen LogP contribution in [-0.4, -0.2) is 52.3 Å². The van der Waals surface area contributed by atoms with E-state index in [1.54, 1.807) is 32.1 Å². The van der Waals surface area contributed by atoms with Crippen molar-refractivity contribution in [3.05, 3.63) is 36.0 Å². The van der Waals surface area contributed by atoms with Gasteiger partial charge in [0.05, 0.1) is 25.9 Å². The Hall–Kier alpha value is -1.70. The molecule has 0 aliphatic carbocycles. The second-order valence-corrected chi connectivity index (χ2v) is 13.1. The van der Waals surface area contributed by atoms with Gasteiger partial charge in [0.25, 0.3) is 0 Å². The fourth-order valence-electron chi connectivity index (χ4n) is 2.53. The predicted molar refractivity (Wildman–Crippen MR) is 116 cm³/mol. The fraction of sp³-hybridized carbons (Fsp3) is 0.636. The van der Waals surface area contributed by atoms with Crippen molar-refractivity contribution in [3.63, 3.8) is 0 Å². The van der Waals surface area contributed by atoms with Crippen LogP contribution in [0.2, 0.25) is 18.1 Å². The summed E-state index contributed by atoms with van der Waals surface area (Å²) in [6.07, 6.45) is 8.00. The summed E-state index contributed by atoms with van der Waals surface area (Å²) in [5, 5.41) is 0.0115. The Labute approximate surface area is 176 Å². The quantitative estimate of drug-likeness (QED) is 0.250. The summed E-state index contributed by atoms with van der Waals surface area (Å²) >= 11 is 0. The van der Waals surface area contributed by atoms with Gasteiger partial charge in [-0.3, -0.25) is 0 Å². The third-order valence-corrected chi connectivity index (χ3v) is 9.57. The molecule has 0 bridgehead atoms. The first-order chi connectivity index (χ1) is 13.5. The van der Waals surface area contributed by atoms with Gasteiger partial charge in [-0.15, -0.1) is 0 Å². The minimum absolute atomic E-state index is 0.0115. The Kier molecular flexibility index (Phi) is 10.0. The Balaban J connectivity index is 3.10. The summed E-state index contributed by atoms with van der Waals surface area (Å²) in [5.41, 5.74) is 0.878. The van der Waals surface area contributed by atoms with E-state index in [4.69, 9.17) is 18.6 Å². The van der Waals surface area contributed by atoms with E-state index in [1.165, 1.54) is 6.08 Å². The minimum Gasteiger partial charge on any atom is -0.463 e. The second-order valence-electron chi connectivity index (χ2n) is 8.35.